The van der Waals surface area contributed by atoms with Crippen molar-refractivity contribution in [3.8, 4) is 23.0 Å². The van der Waals surface area contributed by atoms with Crippen molar-refractivity contribution < 1.29 is 40.9 Å². The number of benzene rings is 3. The molecule has 16 heteroatoms. The van der Waals surface area contributed by atoms with E-state index in [1.165, 1.54) is 24.4 Å². The average Bonchev–Trinajstić information content (AvgIpc) is 3.38. The van der Waals surface area contributed by atoms with Crippen molar-refractivity contribution in [1.82, 2.24) is 25.2 Å². The van der Waals surface area contributed by atoms with Gasteiger partial charge in [-0.3, -0.25) is 14.7 Å². The topological polar surface area (TPSA) is 164 Å². The second kappa shape index (κ2) is 13.7. The number of phenolic OH excluding ortho intramolecular Hbond substituents is 1. The number of amides is 2. The van der Waals surface area contributed by atoms with Gasteiger partial charge in [0.1, 0.15) is 35.0 Å². The molecule has 2 atom stereocenters. The molecule has 276 valence electrons. The average molecular weight is 747 g/mol. The number of carbonyl (C=O) groups is 2. The first-order chi connectivity index (χ1) is 25.2. The molecule has 3 aromatic carbocycles. The number of halogens is 2. The first kappa shape index (κ1) is 35.7. The number of anilines is 1. The van der Waals surface area contributed by atoms with E-state index in [-0.39, 0.29) is 53.8 Å². The summed E-state index contributed by atoms with van der Waals surface area (Å²) >= 11 is 0. The summed E-state index contributed by atoms with van der Waals surface area (Å²) < 4.78 is 64.3. The molecule has 5 aromatic rings. The number of phenols is 1. The first-order valence-corrected chi connectivity index (χ1v) is 18.3. The smallest absolute Gasteiger partial charge is 0.410 e. The Labute approximate surface area is 303 Å². The van der Waals surface area contributed by atoms with Crippen LogP contribution in [-0.4, -0.2) is 89.3 Å². The number of nitrogens with zero attached hydrogens (tertiary/aromatic N) is 5. The lowest BCUT2D eigenvalue weighted by Gasteiger charge is -2.42. The zero-order valence-corrected chi connectivity index (χ0v) is 29.9. The van der Waals surface area contributed by atoms with Crippen molar-refractivity contribution >= 4 is 49.7 Å². The van der Waals surface area contributed by atoms with Crippen molar-refractivity contribution in [2.45, 2.75) is 56.2 Å². The Morgan fingerprint density at radius 2 is 1.74 bits per heavy atom. The minimum Gasteiger partial charge on any atom is -0.508 e. The highest BCUT2D eigenvalue weighted by atomic mass is 32.3. The number of rotatable bonds is 8. The standard InChI is InChI=1S/C37H36F2N6O7S/c1-37(2,3)52-36(48)45-23-11-12-24(45)20-44(19-23)33-29-18-41-31(28-17-25(46)15-21-7-4-5-10-27(21)28)30(38)32(29)42-35(43-33)51-14-13-40-34(47)22-8-6-9-26(16-22)53(39,49)50/h4-10,15-18,23-24,46H,11-14,19-20H2,1-3H3,(H,40,47). The van der Waals surface area contributed by atoms with Crippen molar-refractivity contribution in [1.29, 1.82) is 0 Å². The van der Waals surface area contributed by atoms with Crippen molar-refractivity contribution in [2.24, 2.45) is 0 Å². The van der Waals surface area contributed by atoms with Crippen LogP contribution in [0.15, 0.2) is 71.8 Å². The van der Waals surface area contributed by atoms with Gasteiger partial charge in [0.25, 0.3) is 5.91 Å². The molecule has 2 bridgehead atoms. The predicted octanol–water partition coefficient (Wildman–Crippen LogP) is 5.74. The molecule has 2 unspecified atom stereocenters. The maximum Gasteiger partial charge on any atom is 0.410 e. The van der Waals surface area contributed by atoms with Crippen LogP contribution in [0.2, 0.25) is 0 Å². The van der Waals surface area contributed by atoms with Gasteiger partial charge in [-0.2, -0.15) is 18.4 Å². The van der Waals surface area contributed by atoms with Crippen LogP contribution in [0, 0.1) is 5.82 Å². The van der Waals surface area contributed by atoms with Gasteiger partial charge in [-0.25, -0.2) is 9.18 Å². The largest absolute Gasteiger partial charge is 0.508 e. The number of ether oxygens (including phenoxy) is 2. The van der Waals surface area contributed by atoms with Gasteiger partial charge in [-0.15, -0.1) is 3.89 Å². The van der Waals surface area contributed by atoms with Gasteiger partial charge in [-0.05, 0) is 74.7 Å². The number of nitrogens with one attached hydrogen (secondary N) is 1. The van der Waals surface area contributed by atoms with Crippen LogP contribution in [0.3, 0.4) is 0 Å². The fourth-order valence-electron chi connectivity index (χ4n) is 6.89. The van der Waals surface area contributed by atoms with Crippen LogP contribution < -0.4 is 15.0 Å². The normalized spacial score (nSPS) is 17.3. The minimum absolute atomic E-state index is 0.0419. The number of hydrogen-bond acceptors (Lipinski definition) is 11. The lowest BCUT2D eigenvalue weighted by atomic mass is 10.00. The molecule has 53 heavy (non-hydrogen) atoms. The highest BCUT2D eigenvalue weighted by molar-refractivity contribution is 7.86. The Morgan fingerprint density at radius 1 is 1.00 bits per heavy atom. The molecule has 2 N–H and O–H groups in total. The van der Waals surface area contributed by atoms with E-state index in [1.54, 1.807) is 29.2 Å². The molecule has 13 nitrogen and oxygen atoms in total. The van der Waals surface area contributed by atoms with Crippen LogP contribution in [0.4, 0.5) is 18.9 Å². The van der Waals surface area contributed by atoms with Gasteiger partial charge >= 0.3 is 22.3 Å². The van der Waals surface area contributed by atoms with Crippen LogP contribution in [0.5, 0.6) is 11.8 Å². The Kier molecular flexibility index (Phi) is 9.26. The molecule has 2 amide bonds. The van der Waals surface area contributed by atoms with Crippen molar-refractivity contribution in [3.05, 3.63) is 78.2 Å². The van der Waals surface area contributed by atoms with E-state index in [4.69, 9.17) is 9.47 Å². The fraction of sp³-hybridized carbons (Fsp3) is 0.324. The number of aromatic nitrogens is 3. The summed E-state index contributed by atoms with van der Waals surface area (Å²) in [6.45, 7) is 5.96. The van der Waals surface area contributed by atoms with E-state index in [2.05, 4.69) is 20.3 Å². The number of piperazine rings is 1. The van der Waals surface area contributed by atoms with Gasteiger partial charge < -0.3 is 24.8 Å². The molecular formula is C37H36F2N6O7S. The third-order valence-electron chi connectivity index (χ3n) is 9.13. The second-order valence-electron chi connectivity index (χ2n) is 14.0. The molecule has 4 heterocycles. The van der Waals surface area contributed by atoms with Crippen LogP contribution in [-0.2, 0) is 15.0 Å². The van der Waals surface area contributed by atoms with E-state index in [0.717, 1.165) is 25.0 Å². The summed E-state index contributed by atoms with van der Waals surface area (Å²) in [5.41, 5.74) is -0.505. The molecule has 0 radical (unpaired) electrons. The highest BCUT2D eigenvalue weighted by Crippen LogP contribution is 2.39. The van der Waals surface area contributed by atoms with Crippen LogP contribution in [0.25, 0.3) is 32.9 Å². The van der Waals surface area contributed by atoms with E-state index < -0.39 is 38.5 Å². The number of aromatic hydroxyl groups is 1. The van der Waals surface area contributed by atoms with E-state index >= 15 is 4.39 Å². The van der Waals surface area contributed by atoms with Gasteiger partial charge in [-0.1, -0.05) is 30.3 Å². The summed E-state index contributed by atoms with van der Waals surface area (Å²) in [7, 11) is -5.01. The molecule has 0 aliphatic carbocycles. The summed E-state index contributed by atoms with van der Waals surface area (Å²) in [6, 6.07) is 14.2. The van der Waals surface area contributed by atoms with Gasteiger partial charge in [0, 0.05) is 30.4 Å². The predicted molar refractivity (Wildman–Crippen MR) is 192 cm³/mol. The molecule has 0 spiro atoms. The monoisotopic (exact) mass is 746 g/mol. The fourth-order valence-corrected chi connectivity index (χ4v) is 7.40. The summed E-state index contributed by atoms with van der Waals surface area (Å²) in [5.74, 6) is -1.15. The molecule has 7 rings (SSSR count). The molecule has 2 fully saturated rings. The van der Waals surface area contributed by atoms with Gasteiger partial charge in [0.05, 0.1) is 28.9 Å². The summed E-state index contributed by atoms with van der Waals surface area (Å²) in [5, 5.41) is 14.7. The lowest BCUT2D eigenvalue weighted by molar-refractivity contribution is 0.0122. The SMILES string of the molecule is CC(C)(C)OC(=O)N1C2CCC1CN(c1nc(OCCNC(=O)c3cccc(S(=O)(=O)F)c3)nc3c(F)c(-c4cc(O)cc5ccccc45)ncc13)C2. The molecule has 2 aliphatic heterocycles. The Balaban J connectivity index is 1.20. The highest BCUT2D eigenvalue weighted by Gasteiger charge is 2.45. The zero-order chi connectivity index (χ0) is 37.7. The number of hydrogen-bond donors (Lipinski definition) is 2. The first-order valence-electron chi connectivity index (χ1n) is 17.0. The third-order valence-corrected chi connectivity index (χ3v) is 9.94. The number of carbonyl (C=O) groups excluding carboxylic acids is 2. The zero-order valence-electron chi connectivity index (χ0n) is 29.0. The molecule has 2 aromatic heterocycles. The van der Waals surface area contributed by atoms with Crippen molar-refractivity contribution in [2.75, 3.05) is 31.1 Å². The van der Waals surface area contributed by atoms with E-state index in [9.17, 15) is 27.0 Å². The van der Waals surface area contributed by atoms with Gasteiger partial charge in [0.15, 0.2) is 5.82 Å². The molecule has 0 saturated carbocycles. The Hall–Kier alpha value is -5.64. The van der Waals surface area contributed by atoms with Crippen molar-refractivity contribution in [3.63, 3.8) is 0 Å². The number of pyridine rings is 1. The minimum atomic E-state index is -5.01. The third kappa shape index (κ3) is 7.36. The quantitative estimate of drug-likeness (QED) is 0.147. The maximum absolute atomic E-state index is 16.7. The van der Waals surface area contributed by atoms with E-state index in [1.807, 2.05) is 31.7 Å². The van der Waals surface area contributed by atoms with Crippen LogP contribution >= 0.6 is 0 Å². The maximum atomic E-state index is 16.7. The Bertz CT molecular complexity index is 2360. The molecular weight excluding hydrogens is 711 g/mol. The summed E-state index contributed by atoms with van der Waals surface area (Å²) in [6.07, 6.45) is 2.58. The second-order valence-corrected chi connectivity index (χ2v) is 15.3. The van der Waals surface area contributed by atoms with Gasteiger partial charge in [0.2, 0.25) is 0 Å². The number of fused-ring (bicyclic) bond motifs is 4. The van der Waals surface area contributed by atoms with Crippen LogP contribution in [0.1, 0.15) is 44.0 Å². The Morgan fingerprint density at radius 3 is 2.45 bits per heavy atom. The lowest BCUT2D eigenvalue weighted by Crippen LogP contribution is -2.57. The summed E-state index contributed by atoms with van der Waals surface area (Å²) in [4.78, 5) is 42.5. The molecule has 2 saturated heterocycles. The van der Waals surface area contributed by atoms with E-state index in [0.29, 0.717) is 40.6 Å². The molecule has 2 aliphatic rings.